The molecule has 1 aliphatic carbocycles. The Kier molecular flexibility index (Phi) is 3.41. The smallest absolute Gasteiger partial charge is 0.489 e. The Labute approximate surface area is 126 Å². The van der Waals surface area contributed by atoms with E-state index in [9.17, 15) is 0 Å². The van der Waals surface area contributed by atoms with Crippen molar-refractivity contribution in [1.82, 2.24) is 4.98 Å². The maximum atomic E-state index is 6.02. The van der Waals surface area contributed by atoms with Gasteiger partial charge < -0.3 is 19.8 Å². The number of pyridine rings is 1. The molecule has 2 fully saturated rings. The number of ether oxygens (including phenoxy) is 1. The highest BCUT2D eigenvalue weighted by Gasteiger charge is 2.51. The predicted molar refractivity (Wildman–Crippen MR) is 82.6 cm³/mol. The molecule has 5 nitrogen and oxygen atoms in total. The van der Waals surface area contributed by atoms with Crippen molar-refractivity contribution in [1.29, 1.82) is 0 Å². The van der Waals surface area contributed by atoms with Crippen LogP contribution in [0.2, 0.25) is 0 Å². The van der Waals surface area contributed by atoms with Crippen molar-refractivity contribution in [2.45, 2.75) is 51.7 Å². The van der Waals surface area contributed by atoms with Crippen LogP contribution in [0, 0.1) is 5.92 Å². The van der Waals surface area contributed by atoms with Crippen molar-refractivity contribution < 1.29 is 14.0 Å². The van der Waals surface area contributed by atoms with E-state index in [4.69, 9.17) is 19.8 Å². The molecule has 2 N–H and O–H groups in total. The summed E-state index contributed by atoms with van der Waals surface area (Å²) in [4.78, 5) is 4.21. The summed E-state index contributed by atoms with van der Waals surface area (Å²) < 4.78 is 17.8. The van der Waals surface area contributed by atoms with Crippen LogP contribution >= 0.6 is 0 Å². The summed E-state index contributed by atoms with van der Waals surface area (Å²) in [6.45, 7) is 8.83. The molecule has 2 aliphatic rings. The molecule has 0 atom stereocenters. The third-order valence-electron chi connectivity index (χ3n) is 4.60. The zero-order valence-electron chi connectivity index (χ0n) is 13.2. The maximum absolute atomic E-state index is 6.02. The average Bonchev–Trinajstić information content (AvgIpc) is 3.16. The van der Waals surface area contributed by atoms with Gasteiger partial charge >= 0.3 is 7.12 Å². The van der Waals surface area contributed by atoms with Gasteiger partial charge in [0.2, 0.25) is 0 Å². The van der Waals surface area contributed by atoms with E-state index in [1.54, 1.807) is 6.20 Å². The third-order valence-corrected chi connectivity index (χ3v) is 4.60. The Hall–Kier alpha value is -1.27. The lowest BCUT2D eigenvalue weighted by Gasteiger charge is -2.32. The van der Waals surface area contributed by atoms with Gasteiger partial charge in [0, 0.05) is 11.7 Å². The molecule has 2 heterocycles. The summed E-state index contributed by atoms with van der Waals surface area (Å²) in [6.07, 6.45) is 4.18. The summed E-state index contributed by atoms with van der Waals surface area (Å²) >= 11 is 0. The first-order valence-corrected chi connectivity index (χ1v) is 7.52. The number of nitrogen functional groups attached to an aromatic ring is 1. The number of hydrogen-bond donors (Lipinski definition) is 1. The fourth-order valence-electron chi connectivity index (χ4n) is 2.19. The second kappa shape index (κ2) is 4.88. The van der Waals surface area contributed by atoms with Crippen LogP contribution in [0.4, 0.5) is 5.82 Å². The van der Waals surface area contributed by atoms with Gasteiger partial charge in [-0.05, 0) is 52.5 Å². The van der Waals surface area contributed by atoms with Crippen molar-refractivity contribution in [3.63, 3.8) is 0 Å². The lowest BCUT2D eigenvalue weighted by Crippen LogP contribution is -2.41. The highest BCUT2D eigenvalue weighted by atomic mass is 16.7. The van der Waals surface area contributed by atoms with E-state index in [2.05, 4.69) is 4.98 Å². The molecule has 1 aliphatic heterocycles. The summed E-state index contributed by atoms with van der Waals surface area (Å²) in [5.74, 6) is 1.70. The first-order chi connectivity index (χ1) is 9.78. The van der Waals surface area contributed by atoms with Gasteiger partial charge in [-0.1, -0.05) is 0 Å². The second-order valence-corrected chi connectivity index (χ2v) is 6.99. The van der Waals surface area contributed by atoms with Crippen molar-refractivity contribution in [2.24, 2.45) is 5.92 Å². The highest BCUT2D eigenvalue weighted by Crippen LogP contribution is 2.37. The van der Waals surface area contributed by atoms with E-state index in [-0.39, 0.29) is 11.2 Å². The van der Waals surface area contributed by atoms with Crippen molar-refractivity contribution >= 4 is 18.4 Å². The molecule has 21 heavy (non-hydrogen) atoms. The Morgan fingerprint density at radius 3 is 2.48 bits per heavy atom. The van der Waals surface area contributed by atoms with Gasteiger partial charge in [-0.15, -0.1) is 0 Å². The zero-order chi connectivity index (χ0) is 15.3. The largest absolute Gasteiger partial charge is 0.496 e. The average molecular weight is 290 g/mol. The van der Waals surface area contributed by atoms with Crippen LogP contribution in [0.3, 0.4) is 0 Å². The second-order valence-electron chi connectivity index (χ2n) is 6.99. The number of nitrogens with zero attached hydrogens (tertiary/aromatic N) is 1. The van der Waals surface area contributed by atoms with E-state index in [1.165, 1.54) is 12.8 Å². The van der Waals surface area contributed by atoms with Gasteiger partial charge in [0.15, 0.2) is 11.6 Å². The monoisotopic (exact) mass is 290 g/mol. The number of anilines is 1. The molecule has 0 radical (unpaired) electrons. The Morgan fingerprint density at radius 2 is 1.90 bits per heavy atom. The third kappa shape index (κ3) is 2.87. The standard InChI is InChI=1S/C15H23BN2O3/c1-14(2)15(3,4)21-16(20-14)11-7-12(13(17)18-8-11)19-9-10-5-6-10/h7-8,10H,5-6,9H2,1-4H3,(H2,17,18). The van der Waals surface area contributed by atoms with Gasteiger partial charge in [-0.2, -0.15) is 0 Å². The van der Waals surface area contributed by atoms with Crippen LogP contribution < -0.4 is 15.9 Å². The summed E-state index contributed by atoms with van der Waals surface area (Å²) in [7, 11) is -0.439. The first kappa shape index (κ1) is 14.7. The topological polar surface area (TPSA) is 66.6 Å². The fourth-order valence-corrected chi connectivity index (χ4v) is 2.19. The molecular weight excluding hydrogens is 267 g/mol. The van der Waals surface area contributed by atoms with Crippen molar-refractivity contribution in [3.8, 4) is 5.75 Å². The lowest BCUT2D eigenvalue weighted by molar-refractivity contribution is 0.00578. The molecule has 1 saturated carbocycles. The zero-order valence-corrected chi connectivity index (χ0v) is 13.2. The molecule has 0 bridgehead atoms. The molecule has 1 saturated heterocycles. The maximum Gasteiger partial charge on any atom is 0.496 e. The van der Waals surface area contributed by atoms with E-state index in [0.717, 1.165) is 5.46 Å². The van der Waals surface area contributed by atoms with Crippen LogP contribution in [0.5, 0.6) is 5.75 Å². The Morgan fingerprint density at radius 1 is 1.29 bits per heavy atom. The number of rotatable bonds is 4. The van der Waals surface area contributed by atoms with Crippen LogP contribution in [-0.4, -0.2) is 29.9 Å². The fraction of sp³-hybridized carbons (Fsp3) is 0.667. The lowest BCUT2D eigenvalue weighted by atomic mass is 9.80. The summed E-state index contributed by atoms with van der Waals surface area (Å²) in [6, 6.07) is 1.88. The van der Waals surface area contributed by atoms with Crippen molar-refractivity contribution in [2.75, 3.05) is 12.3 Å². The van der Waals surface area contributed by atoms with Gasteiger partial charge in [-0.25, -0.2) is 4.98 Å². The molecule has 0 aromatic carbocycles. The molecule has 0 amide bonds. The number of aromatic nitrogens is 1. The Balaban J connectivity index is 1.78. The van der Waals surface area contributed by atoms with E-state index in [1.807, 2.05) is 33.8 Å². The van der Waals surface area contributed by atoms with Crippen LogP contribution in [0.15, 0.2) is 12.3 Å². The minimum absolute atomic E-state index is 0.367. The number of hydrogen-bond acceptors (Lipinski definition) is 5. The molecule has 1 aromatic heterocycles. The van der Waals surface area contributed by atoms with Crippen LogP contribution in [-0.2, 0) is 9.31 Å². The molecule has 0 unspecified atom stereocenters. The molecule has 1 aromatic rings. The van der Waals surface area contributed by atoms with Crippen LogP contribution in [0.1, 0.15) is 40.5 Å². The van der Waals surface area contributed by atoms with Crippen molar-refractivity contribution in [3.05, 3.63) is 12.3 Å². The molecule has 114 valence electrons. The van der Waals surface area contributed by atoms with E-state index in [0.29, 0.717) is 24.1 Å². The Bertz CT molecular complexity index is 528. The SMILES string of the molecule is CC1(C)OB(c2cnc(N)c(OCC3CC3)c2)OC1(C)C. The first-order valence-electron chi connectivity index (χ1n) is 7.52. The quantitative estimate of drug-likeness (QED) is 0.856. The van der Waals surface area contributed by atoms with Gasteiger partial charge in [0.05, 0.1) is 17.8 Å². The highest BCUT2D eigenvalue weighted by molar-refractivity contribution is 6.62. The molecule has 3 rings (SSSR count). The number of nitrogens with two attached hydrogens (primary N) is 1. The van der Waals surface area contributed by atoms with Crippen LogP contribution in [0.25, 0.3) is 0 Å². The van der Waals surface area contributed by atoms with E-state index < -0.39 is 7.12 Å². The van der Waals surface area contributed by atoms with E-state index >= 15 is 0 Å². The molecule has 6 heteroatoms. The molecule has 0 spiro atoms. The minimum atomic E-state index is -0.439. The van der Waals surface area contributed by atoms with Gasteiger partial charge in [-0.3, -0.25) is 0 Å². The summed E-state index contributed by atoms with van der Waals surface area (Å²) in [5.41, 5.74) is 5.99. The minimum Gasteiger partial charge on any atom is -0.489 e. The van der Waals surface area contributed by atoms with Gasteiger partial charge in [0.1, 0.15) is 0 Å². The summed E-state index contributed by atoms with van der Waals surface area (Å²) in [5, 5.41) is 0. The van der Waals surface area contributed by atoms with Gasteiger partial charge in [0.25, 0.3) is 0 Å². The molecular formula is C15H23BN2O3. The normalized spacial score (nSPS) is 23.3. The predicted octanol–water partition coefficient (Wildman–Crippen LogP) is 1.75.